The number of carbonyl (C=O) groups excluding carboxylic acids is 1. The van der Waals surface area contributed by atoms with Crippen LogP contribution in [0.2, 0.25) is 5.02 Å². The molecular weight excluding hydrogens is 262 g/mol. The number of nitrogens with zero attached hydrogens (tertiary/aromatic N) is 2. The van der Waals surface area contributed by atoms with Gasteiger partial charge in [-0.25, -0.2) is 0 Å². The van der Waals surface area contributed by atoms with Crippen LogP contribution in [0.4, 0.5) is 0 Å². The molecule has 1 saturated heterocycles. The molecule has 1 N–H and O–H groups in total. The molecule has 2 heterocycles. The lowest BCUT2D eigenvalue weighted by Gasteiger charge is -2.26. The van der Waals surface area contributed by atoms with Crippen LogP contribution in [0, 0.1) is 0 Å². The maximum absolute atomic E-state index is 11.9. The van der Waals surface area contributed by atoms with Crippen LogP contribution in [0.1, 0.15) is 31.2 Å². The average Bonchev–Trinajstić information content (AvgIpc) is 2.46. The highest BCUT2D eigenvalue weighted by atomic mass is 35.5. The number of nitrogens with one attached hydrogen (secondary N) is 1. The fourth-order valence-corrected chi connectivity index (χ4v) is 2.45. The quantitative estimate of drug-likeness (QED) is 0.842. The highest BCUT2D eigenvalue weighted by Crippen LogP contribution is 2.13. The number of amides is 1. The zero-order chi connectivity index (χ0) is 13.5. The van der Waals surface area contributed by atoms with Crippen molar-refractivity contribution < 1.29 is 4.79 Å². The predicted octanol–water partition coefficient (Wildman–Crippen LogP) is 2.23. The van der Waals surface area contributed by atoms with E-state index in [-0.39, 0.29) is 5.91 Å². The topological polar surface area (TPSA) is 45.2 Å². The molecule has 1 aromatic heterocycles. The van der Waals surface area contributed by atoms with E-state index in [0.717, 1.165) is 31.5 Å². The Kier molecular flexibility index (Phi) is 5.61. The molecule has 19 heavy (non-hydrogen) atoms. The molecule has 1 aliphatic heterocycles. The van der Waals surface area contributed by atoms with Gasteiger partial charge in [0.25, 0.3) is 0 Å². The van der Waals surface area contributed by atoms with Crippen molar-refractivity contribution in [2.24, 2.45) is 0 Å². The highest BCUT2D eigenvalue weighted by molar-refractivity contribution is 6.31. The van der Waals surface area contributed by atoms with E-state index in [1.165, 1.54) is 6.42 Å². The molecule has 0 aromatic carbocycles. The minimum atomic E-state index is 0.257. The fourth-order valence-electron chi connectivity index (χ4n) is 2.27. The van der Waals surface area contributed by atoms with Crippen molar-refractivity contribution in [3.63, 3.8) is 0 Å². The lowest BCUT2D eigenvalue weighted by atomic mass is 10.1. The molecule has 0 atom stereocenters. The van der Waals surface area contributed by atoms with Crippen molar-refractivity contribution in [3.8, 4) is 0 Å². The van der Waals surface area contributed by atoms with Crippen LogP contribution in [0.25, 0.3) is 0 Å². The number of carbonyl (C=O) groups is 1. The number of piperidine rings is 1. The summed E-state index contributed by atoms with van der Waals surface area (Å²) in [6, 6.07) is 1.89. The minimum Gasteiger partial charge on any atom is -0.343 e. The van der Waals surface area contributed by atoms with Crippen LogP contribution in [-0.2, 0) is 11.3 Å². The summed E-state index contributed by atoms with van der Waals surface area (Å²) in [5.74, 6) is 0.257. The number of halogens is 1. The van der Waals surface area contributed by atoms with Crippen molar-refractivity contribution in [1.82, 2.24) is 15.2 Å². The van der Waals surface area contributed by atoms with E-state index in [0.29, 0.717) is 24.5 Å². The molecule has 0 aliphatic carbocycles. The predicted molar refractivity (Wildman–Crippen MR) is 76.0 cm³/mol. The molecule has 1 aromatic rings. The van der Waals surface area contributed by atoms with Crippen molar-refractivity contribution in [2.45, 2.75) is 32.2 Å². The molecule has 5 heteroatoms. The summed E-state index contributed by atoms with van der Waals surface area (Å²) in [5, 5.41) is 3.92. The summed E-state index contributed by atoms with van der Waals surface area (Å²) in [5.41, 5.74) is 1.02. The summed E-state index contributed by atoms with van der Waals surface area (Å²) in [7, 11) is 0. The summed E-state index contributed by atoms with van der Waals surface area (Å²) < 4.78 is 0. The molecule has 0 bridgehead atoms. The lowest BCUT2D eigenvalue weighted by Crippen LogP contribution is -2.37. The zero-order valence-electron chi connectivity index (χ0n) is 11.1. The van der Waals surface area contributed by atoms with Gasteiger partial charge in [0, 0.05) is 45.0 Å². The Balaban J connectivity index is 1.66. The minimum absolute atomic E-state index is 0.257. The largest absolute Gasteiger partial charge is 0.343 e. The van der Waals surface area contributed by atoms with E-state index in [9.17, 15) is 4.79 Å². The Hall–Kier alpha value is -1.13. The molecule has 1 amide bonds. The van der Waals surface area contributed by atoms with Crippen LogP contribution < -0.4 is 5.32 Å². The van der Waals surface area contributed by atoms with E-state index < -0.39 is 0 Å². The Morgan fingerprint density at radius 2 is 2.16 bits per heavy atom. The van der Waals surface area contributed by atoms with E-state index in [2.05, 4.69) is 10.3 Å². The number of hydrogen-bond acceptors (Lipinski definition) is 3. The monoisotopic (exact) mass is 281 g/mol. The number of likely N-dealkylation sites (tertiary alicyclic amines) is 1. The van der Waals surface area contributed by atoms with Crippen LogP contribution >= 0.6 is 11.6 Å². The van der Waals surface area contributed by atoms with Crippen LogP contribution in [0.5, 0.6) is 0 Å². The molecule has 0 saturated carbocycles. The van der Waals surface area contributed by atoms with E-state index in [4.69, 9.17) is 11.6 Å². The van der Waals surface area contributed by atoms with Gasteiger partial charge in [0.1, 0.15) is 0 Å². The first kappa shape index (κ1) is 14.3. The van der Waals surface area contributed by atoms with E-state index in [1.807, 2.05) is 11.0 Å². The van der Waals surface area contributed by atoms with Crippen molar-refractivity contribution in [2.75, 3.05) is 19.6 Å². The van der Waals surface area contributed by atoms with Gasteiger partial charge in [-0.3, -0.25) is 9.78 Å². The summed E-state index contributed by atoms with van der Waals surface area (Å²) in [4.78, 5) is 17.8. The second kappa shape index (κ2) is 7.46. The first-order chi connectivity index (χ1) is 9.27. The lowest BCUT2D eigenvalue weighted by molar-refractivity contribution is -0.131. The number of aromatic nitrogens is 1. The van der Waals surface area contributed by atoms with E-state index >= 15 is 0 Å². The highest BCUT2D eigenvalue weighted by Gasteiger charge is 2.15. The molecule has 1 aliphatic rings. The molecule has 0 radical (unpaired) electrons. The van der Waals surface area contributed by atoms with Crippen molar-refractivity contribution in [1.29, 1.82) is 0 Å². The third kappa shape index (κ3) is 4.48. The molecule has 4 nitrogen and oxygen atoms in total. The maximum atomic E-state index is 11.9. The van der Waals surface area contributed by atoms with Gasteiger partial charge in [-0.15, -0.1) is 0 Å². The summed E-state index contributed by atoms with van der Waals surface area (Å²) in [6.45, 7) is 3.21. The number of rotatable bonds is 5. The van der Waals surface area contributed by atoms with Crippen LogP contribution in [0.3, 0.4) is 0 Å². The maximum Gasteiger partial charge on any atom is 0.223 e. The van der Waals surface area contributed by atoms with Gasteiger partial charge < -0.3 is 10.2 Å². The van der Waals surface area contributed by atoms with E-state index in [1.54, 1.807) is 12.4 Å². The van der Waals surface area contributed by atoms with Gasteiger partial charge >= 0.3 is 0 Å². The number of hydrogen-bond donors (Lipinski definition) is 1. The smallest absolute Gasteiger partial charge is 0.223 e. The van der Waals surface area contributed by atoms with Crippen molar-refractivity contribution >= 4 is 17.5 Å². The van der Waals surface area contributed by atoms with Crippen LogP contribution in [-0.4, -0.2) is 35.4 Å². The molecule has 104 valence electrons. The van der Waals surface area contributed by atoms with Gasteiger partial charge in [-0.1, -0.05) is 11.6 Å². The van der Waals surface area contributed by atoms with Gasteiger partial charge in [-0.05, 0) is 30.9 Å². The van der Waals surface area contributed by atoms with Gasteiger partial charge in [0.15, 0.2) is 0 Å². The molecular formula is C14H20ClN3O. The Morgan fingerprint density at radius 3 is 2.89 bits per heavy atom. The summed E-state index contributed by atoms with van der Waals surface area (Å²) >= 11 is 6.01. The average molecular weight is 282 g/mol. The Morgan fingerprint density at radius 1 is 1.37 bits per heavy atom. The fraction of sp³-hybridized carbons (Fsp3) is 0.571. The van der Waals surface area contributed by atoms with Gasteiger partial charge in [0.05, 0.1) is 5.02 Å². The Bertz CT molecular complexity index is 419. The first-order valence-corrected chi connectivity index (χ1v) is 7.22. The molecule has 0 unspecified atom stereocenters. The third-order valence-electron chi connectivity index (χ3n) is 3.40. The van der Waals surface area contributed by atoms with Crippen LogP contribution in [0.15, 0.2) is 18.5 Å². The molecule has 1 fully saturated rings. The van der Waals surface area contributed by atoms with Gasteiger partial charge in [-0.2, -0.15) is 0 Å². The van der Waals surface area contributed by atoms with Crippen molar-refractivity contribution in [3.05, 3.63) is 29.0 Å². The SMILES string of the molecule is O=C(CCNCc1ccncc1Cl)N1CCCCC1. The summed E-state index contributed by atoms with van der Waals surface area (Å²) in [6.07, 6.45) is 7.46. The number of pyridine rings is 1. The normalized spacial score (nSPS) is 15.5. The molecule has 0 spiro atoms. The second-order valence-electron chi connectivity index (χ2n) is 4.84. The second-order valence-corrected chi connectivity index (χ2v) is 5.24. The molecule has 2 rings (SSSR count). The Labute approximate surface area is 119 Å². The first-order valence-electron chi connectivity index (χ1n) is 6.84. The standard InChI is InChI=1S/C14H20ClN3O/c15-13-11-17-6-4-12(13)10-16-7-5-14(19)18-8-2-1-3-9-18/h4,6,11,16H,1-3,5,7-10H2. The third-order valence-corrected chi connectivity index (χ3v) is 3.74. The van der Waals surface area contributed by atoms with Gasteiger partial charge in [0.2, 0.25) is 5.91 Å². The zero-order valence-corrected chi connectivity index (χ0v) is 11.8.